The molecule has 3 aromatic rings. The van der Waals surface area contributed by atoms with Crippen LogP contribution < -0.4 is 15.4 Å². The monoisotopic (exact) mass is 522 g/mol. The van der Waals surface area contributed by atoms with E-state index in [9.17, 15) is 27.9 Å². The van der Waals surface area contributed by atoms with Crippen molar-refractivity contribution in [2.24, 2.45) is 0 Å². The number of benzene rings is 3. The fraction of sp³-hybridized carbons (Fsp3) is 0.172. The number of alkyl halides is 3. The Balaban J connectivity index is 1.63. The van der Waals surface area contributed by atoms with Gasteiger partial charge in [0.25, 0.3) is 5.91 Å². The summed E-state index contributed by atoms with van der Waals surface area (Å²) < 4.78 is 45.0. The minimum absolute atomic E-state index is 0.0630. The maximum atomic E-state index is 13.1. The van der Waals surface area contributed by atoms with Gasteiger partial charge in [-0.25, -0.2) is 0 Å². The van der Waals surface area contributed by atoms with Crippen LogP contribution in [0, 0.1) is 0 Å². The van der Waals surface area contributed by atoms with E-state index in [1.807, 2.05) is 6.92 Å². The van der Waals surface area contributed by atoms with Crippen LogP contribution in [0.25, 0.3) is 5.57 Å². The van der Waals surface area contributed by atoms with E-state index in [-0.39, 0.29) is 6.42 Å². The van der Waals surface area contributed by atoms with E-state index in [1.54, 1.807) is 48.5 Å². The zero-order valence-corrected chi connectivity index (χ0v) is 20.4. The van der Waals surface area contributed by atoms with Crippen LogP contribution in [0.4, 0.5) is 24.5 Å². The summed E-state index contributed by atoms with van der Waals surface area (Å²) in [6.07, 6.45) is -1.20. The largest absolute Gasteiger partial charge is 0.493 e. The van der Waals surface area contributed by atoms with Crippen LogP contribution in [-0.4, -0.2) is 29.6 Å². The number of nitrogens with one attached hydrogen (secondary N) is 2. The van der Waals surface area contributed by atoms with Crippen LogP contribution in [-0.2, 0) is 22.2 Å². The first-order valence-electron chi connectivity index (χ1n) is 11.9. The average Bonchev–Trinajstić information content (AvgIpc) is 2.88. The van der Waals surface area contributed by atoms with Gasteiger partial charge in [0.15, 0.2) is 0 Å². The lowest BCUT2D eigenvalue weighted by atomic mass is 9.95. The number of amides is 2. The predicted molar refractivity (Wildman–Crippen MR) is 139 cm³/mol. The molecule has 0 saturated carbocycles. The van der Waals surface area contributed by atoms with E-state index < -0.39 is 29.7 Å². The standard InChI is InChI=1S/C29H25F3N2O4/c1-2-38-26-11-4-3-7-21(26)20(18-13-15-19(16-14-18)29(30,31)32)8-5-12-27(36)33-23-9-6-10-24-22(23)17-25(35)28(37)34-24/h3-16,25,35H,2,17H2,1H3,(H,33,36)(H,34,37)/b12-5+,20-8-. The molecule has 1 unspecified atom stereocenters. The molecule has 9 heteroatoms. The second-order valence-electron chi connectivity index (χ2n) is 8.47. The molecule has 0 bridgehead atoms. The summed E-state index contributed by atoms with van der Waals surface area (Å²) >= 11 is 0. The molecule has 1 aliphatic rings. The van der Waals surface area contributed by atoms with Crippen molar-refractivity contribution in [2.45, 2.75) is 25.6 Å². The minimum atomic E-state index is -4.46. The molecular formula is C29H25F3N2O4. The number of carbonyl (C=O) groups excluding carboxylic acids is 2. The van der Waals surface area contributed by atoms with Crippen LogP contribution in [0.2, 0.25) is 0 Å². The van der Waals surface area contributed by atoms with Crippen molar-refractivity contribution < 1.29 is 32.6 Å². The number of para-hydroxylation sites is 1. The van der Waals surface area contributed by atoms with Gasteiger partial charge < -0.3 is 20.5 Å². The van der Waals surface area contributed by atoms with E-state index in [1.165, 1.54) is 24.3 Å². The highest BCUT2D eigenvalue weighted by Crippen LogP contribution is 2.34. The van der Waals surface area contributed by atoms with Gasteiger partial charge >= 0.3 is 6.18 Å². The molecule has 3 aromatic carbocycles. The molecule has 1 aliphatic heterocycles. The van der Waals surface area contributed by atoms with Crippen LogP contribution in [0.5, 0.6) is 5.75 Å². The smallest absolute Gasteiger partial charge is 0.416 e. The number of allylic oxidation sites excluding steroid dienone is 2. The van der Waals surface area contributed by atoms with Crippen molar-refractivity contribution in [2.75, 3.05) is 17.2 Å². The molecule has 0 saturated heterocycles. The van der Waals surface area contributed by atoms with E-state index >= 15 is 0 Å². The summed E-state index contributed by atoms with van der Waals surface area (Å²) in [6.45, 7) is 2.22. The van der Waals surface area contributed by atoms with Gasteiger partial charge in [-0.3, -0.25) is 9.59 Å². The summed E-state index contributed by atoms with van der Waals surface area (Å²) in [5, 5.41) is 15.2. The topological polar surface area (TPSA) is 87.7 Å². The lowest BCUT2D eigenvalue weighted by molar-refractivity contribution is -0.137. The Kier molecular flexibility index (Phi) is 7.97. The molecule has 0 aliphatic carbocycles. The zero-order valence-electron chi connectivity index (χ0n) is 20.4. The van der Waals surface area contributed by atoms with Crippen molar-refractivity contribution in [1.29, 1.82) is 0 Å². The molecule has 0 spiro atoms. The van der Waals surface area contributed by atoms with Crippen LogP contribution in [0.3, 0.4) is 0 Å². The number of halogens is 3. The molecule has 3 N–H and O–H groups in total. The lowest BCUT2D eigenvalue weighted by Gasteiger charge is -2.23. The number of ether oxygens (including phenoxy) is 1. The van der Waals surface area contributed by atoms with Crippen LogP contribution in [0.15, 0.2) is 85.0 Å². The second-order valence-corrected chi connectivity index (χ2v) is 8.47. The molecule has 2 amide bonds. The molecule has 0 radical (unpaired) electrons. The van der Waals surface area contributed by atoms with E-state index in [0.717, 1.165) is 12.1 Å². The molecular weight excluding hydrogens is 497 g/mol. The number of carbonyl (C=O) groups is 2. The zero-order chi connectivity index (χ0) is 27.3. The number of anilines is 2. The highest BCUT2D eigenvalue weighted by molar-refractivity contribution is 6.03. The molecule has 38 heavy (non-hydrogen) atoms. The first-order valence-corrected chi connectivity index (χ1v) is 11.9. The summed E-state index contributed by atoms with van der Waals surface area (Å²) in [6, 6.07) is 16.9. The van der Waals surface area contributed by atoms with Gasteiger partial charge in [0, 0.05) is 35.0 Å². The van der Waals surface area contributed by atoms with Crippen molar-refractivity contribution in [3.05, 3.63) is 107 Å². The van der Waals surface area contributed by atoms with Gasteiger partial charge in [0.05, 0.1) is 12.2 Å². The Morgan fingerprint density at radius 3 is 2.55 bits per heavy atom. The van der Waals surface area contributed by atoms with E-state index in [2.05, 4.69) is 10.6 Å². The van der Waals surface area contributed by atoms with Crippen LogP contribution in [0.1, 0.15) is 29.2 Å². The first-order chi connectivity index (χ1) is 18.2. The lowest BCUT2D eigenvalue weighted by Crippen LogP contribution is -2.34. The number of fused-ring (bicyclic) bond motifs is 1. The highest BCUT2D eigenvalue weighted by Gasteiger charge is 2.30. The summed E-state index contributed by atoms with van der Waals surface area (Å²) in [4.78, 5) is 24.4. The highest BCUT2D eigenvalue weighted by atomic mass is 19.4. The SMILES string of the molecule is CCOc1ccccc1/C(=C\C=C\C(=O)Nc1cccc2c1CC(O)C(=O)N2)c1ccc(C(F)(F)F)cc1. The Morgan fingerprint density at radius 1 is 1.11 bits per heavy atom. The predicted octanol–water partition coefficient (Wildman–Crippen LogP) is 5.59. The molecule has 1 atom stereocenters. The first kappa shape index (κ1) is 26.7. The number of aliphatic hydroxyl groups excluding tert-OH is 1. The molecule has 4 rings (SSSR count). The Hall–Kier alpha value is -4.37. The minimum Gasteiger partial charge on any atom is -0.493 e. The van der Waals surface area contributed by atoms with Gasteiger partial charge in [-0.15, -0.1) is 0 Å². The van der Waals surface area contributed by atoms with Gasteiger partial charge in [-0.2, -0.15) is 13.2 Å². The molecule has 0 aromatic heterocycles. The van der Waals surface area contributed by atoms with Gasteiger partial charge in [-0.05, 0) is 48.4 Å². The quantitative estimate of drug-likeness (QED) is 0.279. The van der Waals surface area contributed by atoms with Gasteiger partial charge in [0.2, 0.25) is 5.91 Å². The number of rotatable bonds is 7. The number of hydrogen-bond acceptors (Lipinski definition) is 4. The maximum Gasteiger partial charge on any atom is 0.416 e. The van der Waals surface area contributed by atoms with E-state index in [0.29, 0.717) is 46.0 Å². The molecule has 196 valence electrons. The Labute approximate surface area is 217 Å². The summed E-state index contributed by atoms with van der Waals surface area (Å²) in [5.41, 5.74) is 2.53. The Bertz CT molecular complexity index is 1400. The third kappa shape index (κ3) is 6.12. The fourth-order valence-electron chi connectivity index (χ4n) is 4.10. The van der Waals surface area contributed by atoms with Crippen molar-refractivity contribution >= 4 is 28.8 Å². The molecule has 1 heterocycles. The maximum absolute atomic E-state index is 13.1. The Morgan fingerprint density at radius 2 is 1.84 bits per heavy atom. The van der Waals surface area contributed by atoms with Crippen molar-refractivity contribution in [1.82, 2.24) is 0 Å². The molecule has 0 fully saturated rings. The average molecular weight is 523 g/mol. The van der Waals surface area contributed by atoms with Crippen molar-refractivity contribution in [3.8, 4) is 5.75 Å². The van der Waals surface area contributed by atoms with Gasteiger partial charge in [0.1, 0.15) is 11.9 Å². The van der Waals surface area contributed by atoms with Crippen molar-refractivity contribution in [3.63, 3.8) is 0 Å². The normalized spacial score (nSPS) is 15.7. The number of aliphatic hydroxyl groups is 1. The molecule has 6 nitrogen and oxygen atoms in total. The van der Waals surface area contributed by atoms with E-state index in [4.69, 9.17) is 4.74 Å². The third-order valence-electron chi connectivity index (χ3n) is 5.90. The third-order valence-corrected chi connectivity index (χ3v) is 5.90. The van der Waals surface area contributed by atoms with Gasteiger partial charge in [-0.1, -0.05) is 48.6 Å². The summed E-state index contributed by atoms with van der Waals surface area (Å²) in [7, 11) is 0. The summed E-state index contributed by atoms with van der Waals surface area (Å²) in [5.74, 6) is -0.421. The number of hydrogen-bond donors (Lipinski definition) is 3. The second kappa shape index (κ2) is 11.4. The fourth-order valence-corrected chi connectivity index (χ4v) is 4.10. The van der Waals surface area contributed by atoms with Crippen LogP contribution >= 0.6 is 0 Å².